The molecule has 27 heavy (non-hydrogen) atoms. The van der Waals surface area contributed by atoms with Crippen LogP contribution < -0.4 is 5.32 Å². The number of amides is 2. The minimum Gasteiger partial charge on any atom is -0.322 e. The average Bonchev–Trinajstić information content (AvgIpc) is 3.00. The maximum atomic E-state index is 14.0. The van der Waals surface area contributed by atoms with Crippen LogP contribution >= 0.6 is 15.9 Å². The topological polar surface area (TPSA) is 83.6 Å². The minimum absolute atomic E-state index is 0.0356. The summed E-state index contributed by atoms with van der Waals surface area (Å²) < 4.78 is 40.8. The van der Waals surface area contributed by atoms with E-state index in [4.69, 9.17) is 0 Å². The van der Waals surface area contributed by atoms with Crippen molar-refractivity contribution in [3.8, 4) is 0 Å². The maximum Gasteiger partial charge on any atom is 0.267 e. The van der Waals surface area contributed by atoms with Crippen LogP contribution in [0.15, 0.2) is 51.8 Å². The number of hydrogen-bond acceptors (Lipinski definition) is 4. The predicted octanol–water partition coefficient (Wildman–Crippen LogP) is 3.22. The molecule has 0 saturated carbocycles. The van der Waals surface area contributed by atoms with Crippen molar-refractivity contribution in [2.24, 2.45) is 0 Å². The molecule has 1 saturated heterocycles. The summed E-state index contributed by atoms with van der Waals surface area (Å²) in [6, 6.07) is 8.84. The highest BCUT2D eigenvalue weighted by molar-refractivity contribution is 9.10. The summed E-state index contributed by atoms with van der Waals surface area (Å²) in [5.74, 6) is -2.08. The van der Waals surface area contributed by atoms with E-state index in [1.165, 1.54) is 24.3 Å². The molecule has 1 unspecified atom stereocenters. The number of hydrogen-bond donors (Lipinski definition) is 1. The van der Waals surface area contributed by atoms with Gasteiger partial charge in [0.2, 0.25) is 11.8 Å². The lowest BCUT2D eigenvalue weighted by molar-refractivity contribution is -0.128. The van der Waals surface area contributed by atoms with Crippen molar-refractivity contribution < 1.29 is 22.4 Å². The largest absolute Gasteiger partial charge is 0.322 e. The third-order valence-electron chi connectivity index (χ3n) is 4.23. The second-order valence-corrected chi connectivity index (χ2v) is 8.91. The Kier molecular flexibility index (Phi) is 5.34. The van der Waals surface area contributed by atoms with Gasteiger partial charge in [0, 0.05) is 10.9 Å². The number of benzene rings is 2. The SMILES string of the molecule is Cc1ccc(S(=O)(=O)N2C(=O)CCC2C(=O)Nc2ccc(Br)cc2F)cc1. The van der Waals surface area contributed by atoms with E-state index in [2.05, 4.69) is 21.2 Å². The molecule has 142 valence electrons. The Balaban J connectivity index is 1.89. The Morgan fingerprint density at radius 1 is 1.22 bits per heavy atom. The second-order valence-electron chi connectivity index (χ2n) is 6.18. The maximum absolute atomic E-state index is 14.0. The second kappa shape index (κ2) is 7.40. The van der Waals surface area contributed by atoms with Gasteiger partial charge in [0.05, 0.1) is 10.6 Å². The Morgan fingerprint density at radius 3 is 2.52 bits per heavy atom. The molecule has 3 rings (SSSR count). The van der Waals surface area contributed by atoms with Gasteiger partial charge in [-0.05, 0) is 43.7 Å². The number of carbonyl (C=O) groups excluding carboxylic acids is 2. The summed E-state index contributed by atoms with van der Waals surface area (Å²) in [6.45, 7) is 1.81. The van der Waals surface area contributed by atoms with Crippen molar-refractivity contribution in [1.29, 1.82) is 0 Å². The fourth-order valence-electron chi connectivity index (χ4n) is 2.83. The Bertz CT molecular complexity index is 1010. The summed E-state index contributed by atoms with van der Waals surface area (Å²) in [5, 5.41) is 2.37. The molecule has 1 fully saturated rings. The molecule has 1 atom stereocenters. The van der Waals surface area contributed by atoms with Crippen LogP contribution in [0, 0.1) is 12.7 Å². The van der Waals surface area contributed by atoms with Crippen molar-refractivity contribution in [2.75, 3.05) is 5.32 Å². The lowest BCUT2D eigenvalue weighted by Crippen LogP contribution is -2.45. The molecule has 0 aliphatic carbocycles. The van der Waals surface area contributed by atoms with E-state index in [0.717, 1.165) is 5.56 Å². The predicted molar refractivity (Wildman–Crippen MR) is 101 cm³/mol. The van der Waals surface area contributed by atoms with Crippen molar-refractivity contribution in [3.63, 3.8) is 0 Å². The molecule has 0 radical (unpaired) electrons. The van der Waals surface area contributed by atoms with Crippen LogP contribution in [0.4, 0.5) is 10.1 Å². The number of aryl methyl sites for hydroxylation is 1. The molecule has 0 aromatic heterocycles. The number of sulfonamides is 1. The molecule has 6 nitrogen and oxygen atoms in total. The van der Waals surface area contributed by atoms with Crippen molar-refractivity contribution in [1.82, 2.24) is 4.31 Å². The zero-order valence-electron chi connectivity index (χ0n) is 14.3. The lowest BCUT2D eigenvalue weighted by Gasteiger charge is -2.24. The molecule has 2 aromatic carbocycles. The van der Waals surface area contributed by atoms with Crippen molar-refractivity contribution >= 4 is 43.5 Å². The van der Waals surface area contributed by atoms with Gasteiger partial charge in [-0.15, -0.1) is 0 Å². The van der Waals surface area contributed by atoms with E-state index < -0.39 is 33.7 Å². The number of halogens is 2. The van der Waals surface area contributed by atoms with Crippen LogP contribution in [-0.4, -0.2) is 30.6 Å². The number of nitrogens with one attached hydrogen (secondary N) is 1. The fraction of sp³-hybridized carbons (Fsp3) is 0.222. The van der Waals surface area contributed by atoms with Crippen molar-refractivity contribution in [2.45, 2.75) is 30.7 Å². The number of anilines is 1. The van der Waals surface area contributed by atoms with Crippen LogP contribution in [0.1, 0.15) is 18.4 Å². The smallest absolute Gasteiger partial charge is 0.267 e. The van der Waals surface area contributed by atoms with Gasteiger partial charge in [-0.3, -0.25) is 9.59 Å². The molecule has 0 spiro atoms. The molecule has 2 amide bonds. The van der Waals surface area contributed by atoms with Gasteiger partial charge in [0.1, 0.15) is 11.9 Å². The van der Waals surface area contributed by atoms with Gasteiger partial charge < -0.3 is 5.32 Å². The highest BCUT2D eigenvalue weighted by atomic mass is 79.9. The van der Waals surface area contributed by atoms with E-state index in [0.29, 0.717) is 8.78 Å². The molecule has 1 N–H and O–H groups in total. The quantitative estimate of drug-likeness (QED) is 0.768. The van der Waals surface area contributed by atoms with Gasteiger partial charge in [0.25, 0.3) is 10.0 Å². The molecule has 0 bridgehead atoms. The Labute approximate surface area is 164 Å². The minimum atomic E-state index is -4.19. The summed E-state index contributed by atoms with van der Waals surface area (Å²) in [7, 11) is -4.19. The normalized spacial score (nSPS) is 17.2. The van der Waals surface area contributed by atoms with E-state index in [1.54, 1.807) is 25.1 Å². The first-order valence-electron chi connectivity index (χ1n) is 8.10. The first-order valence-corrected chi connectivity index (χ1v) is 10.3. The standard InChI is InChI=1S/C18H16BrFN2O4S/c1-11-2-5-13(6-3-11)27(25,26)22-16(8-9-17(22)23)18(24)21-15-7-4-12(19)10-14(15)20/h2-7,10,16H,8-9H2,1H3,(H,21,24). The fourth-order valence-corrected chi connectivity index (χ4v) is 4.77. The first kappa shape index (κ1) is 19.5. The Hall–Kier alpha value is -2.26. The van der Waals surface area contributed by atoms with Gasteiger partial charge in [-0.25, -0.2) is 17.1 Å². The van der Waals surface area contributed by atoms with Crippen LogP contribution in [0.5, 0.6) is 0 Å². The number of rotatable bonds is 4. The molecule has 1 aliphatic heterocycles. The van der Waals surface area contributed by atoms with Crippen molar-refractivity contribution in [3.05, 3.63) is 58.3 Å². The van der Waals surface area contributed by atoms with Gasteiger partial charge in [0.15, 0.2) is 0 Å². The number of carbonyl (C=O) groups is 2. The summed E-state index contributed by atoms with van der Waals surface area (Å²) in [6.07, 6.45) is -0.0418. The van der Waals surface area contributed by atoms with E-state index in [9.17, 15) is 22.4 Å². The summed E-state index contributed by atoms with van der Waals surface area (Å²) in [4.78, 5) is 24.7. The molecule has 1 aliphatic rings. The van der Waals surface area contributed by atoms with E-state index in [1.807, 2.05) is 0 Å². The van der Waals surface area contributed by atoms with Crippen LogP contribution in [0.25, 0.3) is 0 Å². The van der Waals surface area contributed by atoms with Crippen LogP contribution in [-0.2, 0) is 19.6 Å². The average molecular weight is 455 g/mol. The van der Waals surface area contributed by atoms with Crippen LogP contribution in [0.2, 0.25) is 0 Å². The van der Waals surface area contributed by atoms with Crippen LogP contribution in [0.3, 0.4) is 0 Å². The number of nitrogens with zero attached hydrogens (tertiary/aromatic N) is 1. The zero-order chi connectivity index (χ0) is 19.8. The molecular weight excluding hydrogens is 439 g/mol. The van der Waals surface area contributed by atoms with E-state index >= 15 is 0 Å². The first-order chi connectivity index (χ1) is 12.7. The Morgan fingerprint density at radius 2 is 1.89 bits per heavy atom. The monoisotopic (exact) mass is 454 g/mol. The van der Waals surface area contributed by atoms with E-state index in [-0.39, 0.29) is 23.4 Å². The highest BCUT2D eigenvalue weighted by Gasteiger charge is 2.44. The molecule has 1 heterocycles. The third kappa shape index (κ3) is 3.89. The summed E-state index contributed by atoms with van der Waals surface area (Å²) in [5.41, 5.74) is 0.775. The zero-order valence-corrected chi connectivity index (χ0v) is 16.7. The lowest BCUT2D eigenvalue weighted by atomic mass is 10.2. The molecule has 9 heteroatoms. The molecule has 2 aromatic rings. The summed E-state index contributed by atoms with van der Waals surface area (Å²) >= 11 is 3.12. The van der Waals surface area contributed by atoms with Gasteiger partial charge in [-0.1, -0.05) is 33.6 Å². The highest BCUT2D eigenvalue weighted by Crippen LogP contribution is 2.29. The van der Waals surface area contributed by atoms with Gasteiger partial charge >= 0.3 is 0 Å². The van der Waals surface area contributed by atoms with Gasteiger partial charge in [-0.2, -0.15) is 0 Å². The third-order valence-corrected chi connectivity index (χ3v) is 6.57. The molecular formula is C18H16BrFN2O4S.